The van der Waals surface area contributed by atoms with Crippen molar-refractivity contribution in [2.24, 2.45) is 0 Å². The first kappa shape index (κ1) is 13.5. The number of hydrogen-bond donors (Lipinski definition) is 0. The van der Waals surface area contributed by atoms with Gasteiger partial charge < -0.3 is 9.47 Å². The third-order valence-corrected chi connectivity index (χ3v) is 2.34. The standard InChI is InChI=1S/C13H19ClO2/c1-3-9-15-13(16-10-4-2)11-5-7-12(14)8-6-11/h5-8,13H,3-4,9-10H2,1-2H3. The van der Waals surface area contributed by atoms with Crippen LogP contribution in [0.25, 0.3) is 0 Å². The molecule has 1 aromatic carbocycles. The maximum absolute atomic E-state index is 5.84. The van der Waals surface area contributed by atoms with Gasteiger partial charge in [0.1, 0.15) is 0 Å². The van der Waals surface area contributed by atoms with Crippen LogP contribution in [0.15, 0.2) is 24.3 Å². The lowest BCUT2D eigenvalue weighted by Crippen LogP contribution is -2.10. The fourth-order valence-electron chi connectivity index (χ4n) is 1.31. The van der Waals surface area contributed by atoms with Crippen LogP contribution in [0.1, 0.15) is 38.5 Å². The van der Waals surface area contributed by atoms with E-state index in [-0.39, 0.29) is 6.29 Å². The Hall–Kier alpha value is -0.570. The highest BCUT2D eigenvalue weighted by Gasteiger charge is 2.11. The Morgan fingerprint density at radius 2 is 1.50 bits per heavy atom. The third-order valence-electron chi connectivity index (χ3n) is 2.09. The number of rotatable bonds is 7. The van der Waals surface area contributed by atoms with Crippen LogP contribution in [0.2, 0.25) is 5.02 Å². The Morgan fingerprint density at radius 1 is 1.00 bits per heavy atom. The molecule has 0 N–H and O–H groups in total. The van der Waals surface area contributed by atoms with Crippen LogP contribution in [0.3, 0.4) is 0 Å². The van der Waals surface area contributed by atoms with Crippen LogP contribution in [-0.4, -0.2) is 13.2 Å². The SMILES string of the molecule is CCCOC(OCCC)c1ccc(Cl)cc1. The van der Waals surface area contributed by atoms with E-state index in [1.165, 1.54) is 0 Å². The lowest BCUT2D eigenvalue weighted by atomic mass is 10.2. The van der Waals surface area contributed by atoms with Crippen molar-refractivity contribution in [1.29, 1.82) is 0 Å². The second-order valence-electron chi connectivity index (χ2n) is 3.63. The Bertz CT molecular complexity index is 276. The lowest BCUT2D eigenvalue weighted by Gasteiger charge is -2.18. The molecular formula is C13H19ClO2. The van der Waals surface area contributed by atoms with Crippen molar-refractivity contribution in [3.8, 4) is 0 Å². The van der Waals surface area contributed by atoms with E-state index in [1.54, 1.807) is 0 Å². The van der Waals surface area contributed by atoms with Crippen LogP contribution in [0, 0.1) is 0 Å². The van der Waals surface area contributed by atoms with Crippen LogP contribution >= 0.6 is 11.6 Å². The van der Waals surface area contributed by atoms with Gasteiger partial charge >= 0.3 is 0 Å². The predicted molar refractivity (Wildman–Crippen MR) is 66.7 cm³/mol. The van der Waals surface area contributed by atoms with E-state index >= 15 is 0 Å². The average Bonchev–Trinajstić information content (AvgIpc) is 2.31. The van der Waals surface area contributed by atoms with Crippen LogP contribution < -0.4 is 0 Å². The molecule has 0 radical (unpaired) electrons. The van der Waals surface area contributed by atoms with Crippen molar-refractivity contribution in [2.45, 2.75) is 33.0 Å². The number of halogens is 1. The normalized spacial score (nSPS) is 11.0. The summed E-state index contributed by atoms with van der Waals surface area (Å²) in [6.45, 7) is 5.57. The van der Waals surface area contributed by atoms with E-state index in [9.17, 15) is 0 Å². The maximum atomic E-state index is 5.84. The Kier molecular flexibility index (Phi) is 6.46. The van der Waals surface area contributed by atoms with Gasteiger partial charge in [-0.1, -0.05) is 37.6 Å². The van der Waals surface area contributed by atoms with Gasteiger partial charge in [0.25, 0.3) is 0 Å². The van der Waals surface area contributed by atoms with E-state index < -0.39 is 0 Å². The van der Waals surface area contributed by atoms with Gasteiger partial charge in [0, 0.05) is 23.8 Å². The van der Waals surface area contributed by atoms with Crippen LogP contribution in [0.4, 0.5) is 0 Å². The van der Waals surface area contributed by atoms with E-state index in [1.807, 2.05) is 24.3 Å². The van der Waals surface area contributed by atoms with Crippen molar-refractivity contribution in [3.63, 3.8) is 0 Å². The molecule has 0 aliphatic heterocycles. The molecule has 1 rings (SSSR count). The van der Waals surface area contributed by atoms with Crippen molar-refractivity contribution < 1.29 is 9.47 Å². The molecule has 0 unspecified atom stereocenters. The largest absolute Gasteiger partial charge is 0.348 e. The zero-order chi connectivity index (χ0) is 11.8. The molecule has 0 aliphatic rings. The molecule has 0 aliphatic carbocycles. The minimum absolute atomic E-state index is 0.267. The van der Waals surface area contributed by atoms with Gasteiger partial charge in [-0.05, 0) is 25.0 Å². The van der Waals surface area contributed by atoms with Gasteiger partial charge in [0.2, 0.25) is 0 Å². The highest BCUT2D eigenvalue weighted by molar-refractivity contribution is 6.30. The number of hydrogen-bond acceptors (Lipinski definition) is 2. The first-order chi connectivity index (χ1) is 7.77. The fraction of sp³-hybridized carbons (Fsp3) is 0.538. The van der Waals surface area contributed by atoms with Gasteiger partial charge in [-0.25, -0.2) is 0 Å². The monoisotopic (exact) mass is 242 g/mol. The molecule has 0 spiro atoms. The average molecular weight is 243 g/mol. The topological polar surface area (TPSA) is 18.5 Å². The molecular weight excluding hydrogens is 224 g/mol. The van der Waals surface area contributed by atoms with Gasteiger partial charge in [0.05, 0.1) is 0 Å². The smallest absolute Gasteiger partial charge is 0.183 e. The van der Waals surface area contributed by atoms with Crippen LogP contribution in [-0.2, 0) is 9.47 Å². The summed E-state index contributed by atoms with van der Waals surface area (Å²) in [5, 5.41) is 0.730. The van der Waals surface area contributed by atoms with Crippen LogP contribution in [0.5, 0.6) is 0 Å². The minimum Gasteiger partial charge on any atom is -0.348 e. The second kappa shape index (κ2) is 7.66. The van der Waals surface area contributed by atoms with E-state index in [4.69, 9.17) is 21.1 Å². The summed E-state index contributed by atoms with van der Waals surface area (Å²) in [7, 11) is 0. The molecule has 0 amide bonds. The molecule has 0 saturated heterocycles. The first-order valence-corrected chi connectivity index (χ1v) is 6.14. The molecule has 3 heteroatoms. The lowest BCUT2D eigenvalue weighted by molar-refractivity contribution is -0.146. The van der Waals surface area contributed by atoms with Crippen molar-refractivity contribution in [3.05, 3.63) is 34.9 Å². The number of benzene rings is 1. The minimum atomic E-state index is -0.267. The molecule has 2 nitrogen and oxygen atoms in total. The molecule has 0 bridgehead atoms. The highest BCUT2D eigenvalue weighted by atomic mass is 35.5. The Labute approximate surface area is 103 Å². The molecule has 1 aromatic rings. The van der Waals surface area contributed by atoms with Crippen molar-refractivity contribution in [1.82, 2.24) is 0 Å². The highest BCUT2D eigenvalue weighted by Crippen LogP contribution is 2.21. The van der Waals surface area contributed by atoms with Gasteiger partial charge in [-0.2, -0.15) is 0 Å². The molecule has 0 atom stereocenters. The number of ether oxygens (including phenoxy) is 2. The van der Waals surface area contributed by atoms with E-state index in [0.29, 0.717) is 13.2 Å². The fourth-order valence-corrected chi connectivity index (χ4v) is 1.44. The molecule has 16 heavy (non-hydrogen) atoms. The molecule has 0 fully saturated rings. The van der Waals surface area contributed by atoms with Gasteiger partial charge in [0.15, 0.2) is 6.29 Å². The van der Waals surface area contributed by atoms with Gasteiger partial charge in [-0.15, -0.1) is 0 Å². The summed E-state index contributed by atoms with van der Waals surface area (Å²) in [4.78, 5) is 0. The van der Waals surface area contributed by atoms with Gasteiger partial charge in [-0.3, -0.25) is 0 Å². The third kappa shape index (κ3) is 4.52. The summed E-state index contributed by atoms with van der Waals surface area (Å²) in [6.07, 6.45) is 1.70. The summed E-state index contributed by atoms with van der Waals surface area (Å²) in [5.74, 6) is 0. The maximum Gasteiger partial charge on any atom is 0.183 e. The van der Waals surface area contributed by atoms with Crippen molar-refractivity contribution >= 4 is 11.6 Å². The predicted octanol–water partition coefficient (Wildman–Crippen LogP) is 4.19. The Balaban J connectivity index is 2.62. The molecule has 0 saturated carbocycles. The molecule has 0 heterocycles. The summed E-state index contributed by atoms with van der Waals surface area (Å²) < 4.78 is 11.3. The quantitative estimate of drug-likeness (QED) is 0.668. The van der Waals surface area contributed by atoms with E-state index in [0.717, 1.165) is 23.4 Å². The summed E-state index contributed by atoms with van der Waals surface area (Å²) in [6, 6.07) is 7.60. The second-order valence-corrected chi connectivity index (χ2v) is 4.06. The van der Waals surface area contributed by atoms with Crippen molar-refractivity contribution in [2.75, 3.05) is 13.2 Å². The van der Waals surface area contributed by atoms with E-state index in [2.05, 4.69) is 13.8 Å². The zero-order valence-corrected chi connectivity index (χ0v) is 10.7. The zero-order valence-electron chi connectivity index (χ0n) is 9.91. The molecule has 90 valence electrons. The first-order valence-electron chi connectivity index (χ1n) is 5.76. The summed E-state index contributed by atoms with van der Waals surface area (Å²) in [5.41, 5.74) is 1.02. The summed E-state index contributed by atoms with van der Waals surface area (Å²) >= 11 is 5.84. The molecule has 0 aromatic heterocycles. The Morgan fingerprint density at radius 3 is 1.94 bits per heavy atom.